The van der Waals surface area contributed by atoms with Gasteiger partial charge in [0.05, 0.1) is 12.3 Å². The first-order valence-corrected chi connectivity index (χ1v) is 7.01. The van der Waals surface area contributed by atoms with E-state index < -0.39 is 0 Å². The summed E-state index contributed by atoms with van der Waals surface area (Å²) >= 11 is 0. The number of hydrogen-bond acceptors (Lipinski definition) is 5. The van der Waals surface area contributed by atoms with Gasteiger partial charge in [0.15, 0.2) is 0 Å². The maximum absolute atomic E-state index is 11.7. The van der Waals surface area contributed by atoms with E-state index in [1.165, 1.54) is 0 Å². The standard InChI is InChI=1S/C14H20O5/c1-2-3-10(15)5-7-13(16)18-12-8-9-4-6-11(12)19-14(9)17/h9,11-12H,2-8H2,1H3. The van der Waals surface area contributed by atoms with Crippen molar-refractivity contribution in [3.63, 3.8) is 0 Å². The van der Waals surface area contributed by atoms with Crippen molar-refractivity contribution in [1.82, 2.24) is 0 Å². The number of esters is 2. The van der Waals surface area contributed by atoms with Crippen LogP contribution in [0.5, 0.6) is 0 Å². The quantitative estimate of drug-likeness (QED) is 0.687. The van der Waals surface area contributed by atoms with Gasteiger partial charge in [-0.15, -0.1) is 0 Å². The lowest BCUT2D eigenvalue weighted by molar-refractivity contribution is -0.194. The second kappa shape index (κ2) is 6.17. The summed E-state index contributed by atoms with van der Waals surface area (Å²) in [5.41, 5.74) is 0. The van der Waals surface area contributed by atoms with E-state index in [0.29, 0.717) is 12.8 Å². The molecule has 0 aromatic heterocycles. The van der Waals surface area contributed by atoms with Crippen molar-refractivity contribution < 1.29 is 23.9 Å². The average Bonchev–Trinajstić information content (AvgIpc) is 2.38. The third-order valence-electron chi connectivity index (χ3n) is 3.75. The predicted molar refractivity (Wildman–Crippen MR) is 66.3 cm³/mol. The molecule has 3 aliphatic rings. The van der Waals surface area contributed by atoms with E-state index in [1.54, 1.807) is 0 Å². The number of rotatable bonds is 6. The molecule has 19 heavy (non-hydrogen) atoms. The zero-order valence-electron chi connectivity index (χ0n) is 11.2. The lowest BCUT2D eigenvalue weighted by atomic mass is 9.82. The van der Waals surface area contributed by atoms with Crippen LogP contribution in [-0.4, -0.2) is 29.9 Å². The molecule has 3 fully saturated rings. The fraction of sp³-hybridized carbons (Fsp3) is 0.786. The molecule has 0 aromatic carbocycles. The Balaban J connectivity index is 1.74. The number of carbonyl (C=O) groups excluding carboxylic acids is 3. The Morgan fingerprint density at radius 1 is 1.26 bits per heavy atom. The third kappa shape index (κ3) is 3.55. The highest BCUT2D eigenvalue weighted by Gasteiger charge is 2.44. The lowest BCUT2D eigenvalue weighted by Crippen LogP contribution is -2.48. The van der Waals surface area contributed by atoms with Crippen molar-refractivity contribution in [3.8, 4) is 0 Å². The molecule has 2 saturated heterocycles. The molecule has 5 heteroatoms. The van der Waals surface area contributed by atoms with Gasteiger partial charge in [0, 0.05) is 19.3 Å². The molecule has 0 spiro atoms. The van der Waals surface area contributed by atoms with E-state index in [0.717, 1.165) is 19.3 Å². The van der Waals surface area contributed by atoms with Crippen molar-refractivity contribution in [2.75, 3.05) is 0 Å². The molecule has 3 atom stereocenters. The van der Waals surface area contributed by atoms with Gasteiger partial charge in [0.1, 0.15) is 18.0 Å². The van der Waals surface area contributed by atoms with E-state index in [-0.39, 0.29) is 48.7 Å². The minimum atomic E-state index is -0.363. The van der Waals surface area contributed by atoms with Crippen LogP contribution in [0.1, 0.15) is 51.9 Å². The topological polar surface area (TPSA) is 69.7 Å². The van der Waals surface area contributed by atoms with Crippen molar-refractivity contribution >= 4 is 17.7 Å². The first-order chi connectivity index (χ1) is 9.10. The molecule has 1 saturated carbocycles. The summed E-state index contributed by atoms with van der Waals surface area (Å²) in [6, 6.07) is 0. The van der Waals surface area contributed by atoms with E-state index in [9.17, 15) is 14.4 Å². The first kappa shape index (κ1) is 14.0. The highest BCUT2D eigenvalue weighted by atomic mass is 16.6. The van der Waals surface area contributed by atoms with Crippen LogP contribution in [0.2, 0.25) is 0 Å². The minimum Gasteiger partial charge on any atom is -0.458 e. The van der Waals surface area contributed by atoms with Crippen LogP contribution >= 0.6 is 0 Å². The third-order valence-corrected chi connectivity index (χ3v) is 3.75. The van der Waals surface area contributed by atoms with Crippen LogP contribution in [0.3, 0.4) is 0 Å². The highest BCUT2D eigenvalue weighted by Crippen LogP contribution is 2.35. The summed E-state index contributed by atoms with van der Waals surface area (Å²) in [6.45, 7) is 1.93. The summed E-state index contributed by atoms with van der Waals surface area (Å²) in [6.07, 6.45) is 3.25. The molecule has 2 heterocycles. The molecule has 0 radical (unpaired) electrons. The second-order valence-corrected chi connectivity index (χ2v) is 5.30. The molecule has 106 valence electrons. The highest BCUT2D eigenvalue weighted by molar-refractivity contribution is 5.83. The maximum Gasteiger partial charge on any atom is 0.309 e. The van der Waals surface area contributed by atoms with Gasteiger partial charge < -0.3 is 9.47 Å². The normalized spacial score (nSPS) is 28.9. The Morgan fingerprint density at radius 3 is 2.63 bits per heavy atom. The van der Waals surface area contributed by atoms with Crippen LogP contribution in [0.15, 0.2) is 0 Å². The van der Waals surface area contributed by atoms with Crippen LogP contribution in [-0.2, 0) is 23.9 Å². The summed E-state index contributed by atoms with van der Waals surface area (Å²) in [5, 5.41) is 0. The predicted octanol–water partition coefficient (Wildman–Crippen LogP) is 1.77. The molecular weight excluding hydrogens is 248 g/mol. The largest absolute Gasteiger partial charge is 0.458 e. The van der Waals surface area contributed by atoms with Crippen LogP contribution in [0.4, 0.5) is 0 Å². The SMILES string of the molecule is CCCC(=O)CCC(=O)OC1CC2CCC1OC2=O. The Bertz CT molecular complexity index is 376. The molecule has 2 bridgehead atoms. The molecule has 5 nitrogen and oxygen atoms in total. The molecule has 3 rings (SSSR count). The number of ether oxygens (including phenoxy) is 2. The van der Waals surface area contributed by atoms with Crippen molar-refractivity contribution in [2.24, 2.45) is 5.92 Å². The molecule has 0 amide bonds. The van der Waals surface area contributed by atoms with Crippen molar-refractivity contribution in [2.45, 2.75) is 64.1 Å². The number of ketones is 1. The van der Waals surface area contributed by atoms with Gasteiger partial charge in [0.2, 0.25) is 0 Å². The lowest BCUT2D eigenvalue weighted by Gasteiger charge is -2.40. The van der Waals surface area contributed by atoms with Gasteiger partial charge in [-0.2, -0.15) is 0 Å². The Morgan fingerprint density at radius 2 is 2.05 bits per heavy atom. The molecular formula is C14H20O5. The van der Waals surface area contributed by atoms with Gasteiger partial charge in [-0.3, -0.25) is 14.4 Å². The fourth-order valence-corrected chi connectivity index (χ4v) is 2.69. The molecule has 2 aliphatic heterocycles. The van der Waals surface area contributed by atoms with E-state index >= 15 is 0 Å². The molecule has 1 aliphatic carbocycles. The first-order valence-electron chi connectivity index (χ1n) is 7.01. The summed E-state index contributed by atoms with van der Waals surface area (Å²) in [5.74, 6) is -0.555. The Labute approximate surface area is 112 Å². The molecule has 0 aromatic rings. The van der Waals surface area contributed by atoms with Crippen LogP contribution < -0.4 is 0 Å². The van der Waals surface area contributed by atoms with E-state index in [1.807, 2.05) is 6.92 Å². The van der Waals surface area contributed by atoms with Crippen LogP contribution in [0.25, 0.3) is 0 Å². The average molecular weight is 268 g/mol. The number of carbonyl (C=O) groups is 3. The number of hydrogen-bond donors (Lipinski definition) is 0. The van der Waals surface area contributed by atoms with Crippen molar-refractivity contribution in [3.05, 3.63) is 0 Å². The van der Waals surface area contributed by atoms with Gasteiger partial charge in [-0.1, -0.05) is 6.92 Å². The minimum absolute atomic E-state index is 0.0936. The maximum atomic E-state index is 11.7. The van der Waals surface area contributed by atoms with Crippen LogP contribution in [0, 0.1) is 5.92 Å². The number of fused-ring (bicyclic) bond motifs is 3. The summed E-state index contributed by atoms with van der Waals surface area (Å²) in [4.78, 5) is 34.4. The Kier molecular flexibility index (Phi) is 4.56. The monoisotopic (exact) mass is 268 g/mol. The van der Waals surface area contributed by atoms with E-state index in [4.69, 9.17) is 9.47 Å². The molecule has 3 unspecified atom stereocenters. The number of Topliss-reactive ketones (excluding diaryl/α,β-unsaturated/α-hetero) is 1. The second-order valence-electron chi connectivity index (χ2n) is 5.30. The molecule has 0 N–H and O–H groups in total. The van der Waals surface area contributed by atoms with E-state index in [2.05, 4.69) is 0 Å². The zero-order valence-corrected chi connectivity index (χ0v) is 11.2. The summed E-state index contributed by atoms with van der Waals surface area (Å²) < 4.78 is 10.5. The van der Waals surface area contributed by atoms with Gasteiger partial charge in [0.25, 0.3) is 0 Å². The van der Waals surface area contributed by atoms with Gasteiger partial charge in [-0.25, -0.2) is 0 Å². The Hall–Kier alpha value is -1.39. The van der Waals surface area contributed by atoms with Crippen molar-refractivity contribution in [1.29, 1.82) is 0 Å². The summed E-state index contributed by atoms with van der Waals surface area (Å²) in [7, 11) is 0. The van der Waals surface area contributed by atoms with Gasteiger partial charge >= 0.3 is 11.9 Å². The smallest absolute Gasteiger partial charge is 0.309 e. The zero-order chi connectivity index (χ0) is 13.8. The fourth-order valence-electron chi connectivity index (χ4n) is 2.69. The van der Waals surface area contributed by atoms with Gasteiger partial charge in [-0.05, 0) is 19.3 Å².